The van der Waals surface area contributed by atoms with E-state index >= 15 is 0 Å². The summed E-state index contributed by atoms with van der Waals surface area (Å²) in [6.07, 6.45) is 4.36. The van der Waals surface area contributed by atoms with Crippen molar-refractivity contribution in [2.75, 3.05) is 26.0 Å². The van der Waals surface area contributed by atoms with Gasteiger partial charge in [-0.1, -0.05) is 0 Å². The van der Waals surface area contributed by atoms with Crippen molar-refractivity contribution in [3.63, 3.8) is 0 Å². The van der Waals surface area contributed by atoms with Gasteiger partial charge in [0.15, 0.2) is 14.9 Å². The summed E-state index contributed by atoms with van der Waals surface area (Å²) in [5.41, 5.74) is 2.02. The van der Waals surface area contributed by atoms with Crippen LogP contribution in [0.15, 0.2) is 41.6 Å². The van der Waals surface area contributed by atoms with Crippen molar-refractivity contribution >= 4 is 9.84 Å². The molecule has 1 fully saturated rings. The van der Waals surface area contributed by atoms with Crippen LogP contribution in [0.2, 0.25) is 0 Å². The van der Waals surface area contributed by atoms with E-state index in [1.165, 1.54) is 12.3 Å². The maximum atomic E-state index is 11.5. The Hall–Kier alpha value is -2.94. The fraction of sp³-hybridized carbons (Fsp3) is 0.409. The molecular formula is C22H24N4O3S. The highest BCUT2D eigenvalue weighted by Crippen LogP contribution is 2.25. The number of aromatic nitrogens is 1. The Bertz CT molecular complexity index is 1050. The molecule has 0 spiro atoms. The number of nitrogens with zero attached hydrogens (tertiary/aromatic N) is 4. The molecule has 2 atom stereocenters. The molecule has 156 valence electrons. The molecule has 0 saturated carbocycles. The first kappa shape index (κ1) is 21.8. The van der Waals surface area contributed by atoms with Crippen LogP contribution in [-0.2, 0) is 16.3 Å². The minimum Gasteiger partial charge on any atom is -0.492 e. The lowest BCUT2D eigenvalue weighted by molar-refractivity contribution is 0.234. The van der Waals surface area contributed by atoms with Crippen molar-refractivity contribution in [1.29, 1.82) is 10.5 Å². The molecule has 0 unspecified atom stereocenters. The monoisotopic (exact) mass is 424 g/mol. The number of hydrogen-bond donors (Lipinski definition) is 0. The molecule has 1 aliphatic rings. The number of rotatable bonds is 7. The number of hydrogen-bond acceptors (Lipinski definition) is 7. The average molecular weight is 425 g/mol. The van der Waals surface area contributed by atoms with Gasteiger partial charge >= 0.3 is 0 Å². The second-order valence-electron chi connectivity index (χ2n) is 7.75. The van der Waals surface area contributed by atoms with Crippen molar-refractivity contribution in [2.24, 2.45) is 5.92 Å². The molecule has 8 heteroatoms. The molecule has 0 radical (unpaired) electrons. The van der Waals surface area contributed by atoms with Crippen molar-refractivity contribution in [3.05, 3.63) is 53.2 Å². The first-order chi connectivity index (χ1) is 14.3. The molecule has 2 heterocycles. The summed E-state index contributed by atoms with van der Waals surface area (Å²) < 4.78 is 28.8. The lowest BCUT2D eigenvalue weighted by atomic mass is 10.0. The van der Waals surface area contributed by atoms with Crippen molar-refractivity contribution < 1.29 is 13.2 Å². The van der Waals surface area contributed by atoms with Gasteiger partial charge in [-0.25, -0.2) is 13.4 Å². The molecule has 1 aliphatic heterocycles. The van der Waals surface area contributed by atoms with Crippen LogP contribution in [0.25, 0.3) is 0 Å². The quantitative estimate of drug-likeness (QED) is 0.672. The van der Waals surface area contributed by atoms with E-state index < -0.39 is 9.84 Å². The highest BCUT2D eigenvalue weighted by atomic mass is 32.2. The summed E-state index contributed by atoms with van der Waals surface area (Å²) in [5.74, 6) is 0.931. The van der Waals surface area contributed by atoms with E-state index in [2.05, 4.69) is 28.9 Å². The normalized spacial score (nSPS) is 19.2. The van der Waals surface area contributed by atoms with Crippen LogP contribution < -0.4 is 4.74 Å². The first-order valence-corrected chi connectivity index (χ1v) is 11.6. The standard InChI is InChI=1S/C22H24N4O3S/c1-16-7-20(15-29-21-3-4-22(25-13-21)30(2,27)28)14-26(16)6-5-17-8-18(11-23)10-19(9-17)12-24/h3-4,8-10,13,16,20H,5-7,14-15H2,1-2H3/t16-,20+/m1/s1. The van der Waals surface area contributed by atoms with Crippen molar-refractivity contribution in [1.82, 2.24) is 9.88 Å². The third kappa shape index (κ3) is 5.56. The van der Waals surface area contributed by atoms with Crippen LogP contribution in [0, 0.1) is 28.6 Å². The smallest absolute Gasteiger partial charge is 0.192 e. The van der Waals surface area contributed by atoms with Gasteiger partial charge in [-0.05, 0) is 55.7 Å². The largest absolute Gasteiger partial charge is 0.492 e. The molecule has 0 amide bonds. The van der Waals surface area contributed by atoms with Gasteiger partial charge in [-0.15, -0.1) is 0 Å². The third-order valence-corrected chi connectivity index (χ3v) is 6.31. The molecule has 0 bridgehead atoms. The summed E-state index contributed by atoms with van der Waals surface area (Å²) in [6.45, 7) is 4.49. The van der Waals surface area contributed by atoms with Crippen LogP contribution in [0.5, 0.6) is 5.75 Å². The van der Waals surface area contributed by atoms with E-state index in [0.29, 0.717) is 35.4 Å². The van der Waals surface area contributed by atoms with Gasteiger partial charge in [-0.2, -0.15) is 10.5 Å². The van der Waals surface area contributed by atoms with Gasteiger partial charge < -0.3 is 4.74 Å². The Morgan fingerprint density at radius 3 is 2.47 bits per heavy atom. The summed E-state index contributed by atoms with van der Waals surface area (Å²) in [7, 11) is -3.31. The van der Waals surface area contributed by atoms with Gasteiger partial charge in [0.05, 0.1) is 36.1 Å². The first-order valence-electron chi connectivity index (χ1n) is 9.75. The highest BCUT2D eigenvalue weighted by molar-refractivity contribution is 7.90. The van der Waals surface area contributed by atoms with Gasteiger partial charge in [0.25, 0.3) is 0 Å². The average Bonchev–Trinajstić information content (AvgIpc) is 3.09. The molecule has 1 aromatic carbocycles. The van der Waals surface area contributed by atoms with E-state index in [1.807, 2.05) is 12.1 Å². The number of ether oxygens (including phenoxy) is 1. The summed E-state index contributed by atoms with van der Waals surface area (Å²) in [4.78, 5) is 6.34. The fourth-order valence-electron chi connectivity index (χ4n) is 3.77. The Balaban J connectivity index is 1.52. The van der Waals surface area contributed by atoms with Crippen molar-refractivity contribution in [3.8, 4) is 17.9 Å². The zero-order valence-electron chi connectivity index (χ0n) is 17.1. The summed E-state index contributed by atoms with van der Waals surface area (Å²) in [6, 6.07) is 13.0. The van der Waals surface area contributed by atoms with Crippen LogP contribution in [0.1, 0.15) is 30.0 Å². The number of nitriles is 2. The third-order valence-electron chi connectivity index (χ3n) is 5.30. The predicted octanol–water partition coefficient (Wildman–Crippen LogP) is 2.56. The summed E-state index contributed by atoms with van der Waals surface area (Å²) in [5, 5.41) is 18.3. The van der Waals surface area contributed by atoms with Gasteiger partial charge in [0.2, 0.25) is 0 Å². The maximum absolute atomic E-state index is 11.5. The van der Waals surface area contributed by atoms with Gasteiger partial charge in [0.1, 0.15) is 5.75 Å². The molecule has 1 aromatic heterocycles. The zero-order valence-corrected chi connectivity index (χ0v) is 17.9. The van der Waals surface area contributed by atoms with E-state index in [-0.39, 0.29) is 5.03 Å². The minimum absolute atomic E-state index is 0.0375. The van der Waals surface area contributed by atoms with Crippen LogP contribution >= 0.6 is 0 Å². The minimum atomic E-state index is -3.31. The maximum Gasteiger partial charge on any atom is 0.192 e. The fourth-order valence-corrected chi connectivity index (χ4v) is 4.33. The van der Waals surface area contributed by atoms with E-state index in [0.717, 1.165) is 37.8 Å². The Kier molecular flexibility index (Phi) is 6.71. The Morgan fingerprint density at radius 2 is 1.90 bits per heavy atom. The molecule has 30 heavy (non-hydrogen) atoms. The predicted molar refractivity (Wildman–Crippen MR) is 112 cm³/mol. The second kappa shape index (κ2) is 9.25. The Morgan fingerprint density at radius 1 is 1.20 bits per heavy atom. The summed E-state index contributed by atoms with van der Waals surface area (Å²) >= 11 is 0. The van der Waals surface area contributed by atoms with E-state index in [9.17, 15) is 8.42 Å². The molecule has 2 aromatic rings. The molecule has 0 aliphatic carbocycles. The molecule has 1 saturated heterocycles. The number of benzene rings is 1. The topological polar surface area (TPSA) is 107 Å². The second-order valence-corrected chi connectivity index (χ2v) is 9.72. The zero-order chi connectivity index (χ0) is 21.7. The van der Waals surface area contributed by atoms with Crippen LogP contribution in [0.3, 0.4) is 0 Å². The van der Waals surface area contributed by atoms with Crippen LogP contribution in [-0.4, -0.2) is 50.3 Å². The lowest BCUT2D eigenvalue weighted by Crippen LogP contribution is -2.29. The number of likely N-dealkylation sites (tertiary alicyclic amines) is 1. The Labute approximate surface area is 177 Å². The van der Waals surface area contributed by atoms with Crippen molar-refractivity contribution in [2.45, 2.75) is 30.8 Å². The van der Waals surface area contributed by atoms with E-state index in [1.54, 1.807) is 12.1 Å². The molecule has 3 rings (SSSR count). The highest BCUT2D eigenvalue weighted by Gasteiger charge is 2.29. The molecule has 7 nitrogen and oxygen atoms in total. The van der Waals surface area contributed by atoms with Gasteiger partial charge in [-0.3, -0.25) is 4.90 Å². The number of sulfone groups is 1. The lowest BCUT2D eigenvalue weighted by Gasteiger charge is -2.21. The molecular weight excluding hydrogens is 400 g/mol. The van der Waals surface area contributed by atoms with E-state index in [4.69, 9.17) is 15.3 Å². The molecule has 0 N–H and O–H groups in total. The number of pyridine rings is 1. The van der Waals surface area contributed by atoms with Crippen LogP contribution in [0.4, 0.5) is 0 Å². The van der Waals surface area contributed by atoms with Gasteiger partial charge in [0, 0.05) is 31.3 Å². The SMILES string of the molecule is C[C@@H]1C[C@H](COc2ccc(S(C)(=O)=O)nc2)CN1CCc1cc(C#N)cc(C#N)c1.